The van der Waals surface area contributed by atoms with Gasteiger partial charge in [-0.15, -0.1) is 0 Å². The minimum absolute atomic E-state index is 0.0315. The molecular weight excluding hydrogens is 256 g/mol. The summed E-state index contributed by atoms with van der Waals surface area (Å²) in [5.74, 6) is 0.211. The standard InChI is InChI=1S/C15H18N2O3/c1-10-7-12-13(16(2)15(10)19)8-11(9-14(12)18)17-3-5-20-6-4-17/h7-9,18H,3-6H2,1-2H3. The molecule has 20 heavy (non-hydrogen) atoms. The minimum atomic E-state index is -0.0315. The van der Waals surface area contributed by atoms with E-state index in [1.54, 1.807) is 30.7 Å². The summed E-state index contributed by atoms with van der Waals surface area (Å²) >= 11 is 0. The maximum atomic E-state index is 12.0. The third-order valence-electron chi connectivity index (χ3n) is 3.86. The number of anilines is 1. The third-order valence-corrected chi connectivity index (χ3v) is 3.86. The Morgan fingerprint density at radius 1 is 1.20 bits per heavy atom. The highest BCUT2D eigenvalue weighted by molar-refractivity contribution is 5.89. The Kier molecular flexibility index (Phi) is 3.14. The van der Waals surface area contributed by atoms with Crippen LogP contribution in [0.1, 0.15) is 5.56 Å². The molecule has 106 valence electrons. The molecule has 1 aliphatic heterocycles. The number of fused-ring (bicyclic) bond motifs is 1. The molecule has 0 bridgehead atoms. The molecule has 2 aromatic rings. The van der Waals surface area contributed by atoms with Crippen LogP contribution in [0.3, 0.4) is 0 Å². The van der Waals surface area contributed by atoms with Crippen LogP contribution >= 0.6 is 0 Å². The van der Waals surface area contributed by atoms with Crippen LogP contribution in [0.2, 0.25) is 0 Å². The number of aromatic nitrogens is 1. The highest BCUT2D eigenvalue weighted by Crippen LogP contribution is 2.30. The molecule has 0 amide bonds. The number of ether oxygens (including phenoxy) is 1. The zero-order valence-electron chi connectivity index (χ0n) is 11.7. The van der Waals surface area contributed by atoms with Crippen molar-refractivity contribution in [2.75, 3.05) is 31.2 Å². The highest BCUT2D eigenvalue weighted by atomic mass is 16.5. The predicted octanol–water partition coefficient (Wildman–Crippen LogP) is 1.39. The van der Waals surface area contributed by atoms with Gasteiger partial charge < -0.3 is 19.3 Å². The van der Waals surface area contributed by atoms with Crippen LogP contribution in [0.5, 0.6) is 5.75 Å². The van der Waals surface area contributed by atoms with Crippen LogP contribution in [0, 0.1) is 6.92 Å². The van der Waals surface area contributed by atoms with Gasteiger partial charge in [-0.2, -0.15) is 0 Å². The lowest BCUT2D eigenvalue weighted by atomic mass is 10.1. The molecule has 5 heteroatoms. The van der Waals surface area contributed by atoms with Gasteiger partial charge in [0.05, 0.1) is 18.7 Å². The topological polar surface area (TPSA) is 54.7 Å². The number of morpholine rings is 1. The second-order valence-electron chi connectivity index (χ2n) is 5.19. The first-order valence-electron chi connectivity index (χ1n) is 6.74. The molecule has 1 aromatic carbocycles. The molecule has 0 atom stereocenters. The highest BCUT2D eigenvalue weighted by Gasteiger charge is 2.15. The van der Waals surface area contributed by atoms with Gasteiger partial charge in [-0.25, -0.2) is 0 Å². The number of hydrogen-bond donors (Lipinski definition) is 1. The number of phenols is 1. The van der Waals surface area contributed by atoms with Crippen molar-refractivity contribution in [1.82, 2.24) is 4.57 Å². The van der Waals surface area contributed by atoms with Gasteiger partial charge in [-0.1, -0.05) is 0 Å². The Bertz CT molecular complexity index is 715. The van der Waals surface area contributed by atoms with Crippen molar-refractivity contribution in [1.29, 1.82) is 0 Å². The Labute approximate surface area is 117 Å². The van der Waals surface area contributed by atoms with Crippen molar-refractivity contribution in [2.45, 2.75) is 6.92 Å². The summed E-state index contributed by atoms with van der Waals surface area (Å²) in [6.45, 7) is 4.73. The average molecular weight is 274 g/mol. The number of aromatic hydroxyl groups is 1. The summed E-state index contributed by atoms with van der Waals surface area (Å²) < 4.78 is 6.93. The molecule has 3 rings (SSSR count). The lowest BCUT2D eigenvalue weighted by Crippen LogP contribution is -2.36. The molecule has 1 N–H and O–H groups in total. The minimum Gasteiger partial charge on any atom is -0.507 e. The van der Waals surface area contributed by atoms with Gasteiger partial charge in [-0.3, -0.25) is 4.79 Å². The first-order valence-corrected chi connectivity index (χ1v) is 6.74. The van der Waals surface area contributed by atoms with E-state index in [2.05, 4.69) is 4.90 Å². The SMILES string of the molecule is Cc1cc2c(O)cc(N3CCOCC3)cc2n(C)c1=O. The van der Waals surface area contributed by atoms with Crippen molar-refractivity contribution >= 4 is 16.6 Å². The maximum absolute atomic E-state index is 12.0. The average Bonchev–Trinajstić information content (AvgIpc) is 2.47. The van der Waals surface area contributed by atoms with Gasteiger partial charge in [0.15, 0.2) is 0 Å². The normalized spacial score (nSPS) is 15.8. The molecule has 0 saturated carbocycles. The van der Waals surface area contributed by atoms with Crippen LogP contribution in [0.25, 0.3) is 10.9 Å². The fourth-order valence-corrected chi connectivity index (χ4v) is 2.69. The van der Waals surface area contributed by atoms with E-state index in [-0.39, 0.29) is 11.3 Å². The van der Waals surface area contributed by atoms with Gasteiger partial charge in [0, 0.05) is 42.8 Å². The number of pyridine rings is 1. The zero-order chi connectivity index (χ0) is 14.3. The molecule has 1 saturated heterocycles. The fourth-order valence-electron chi connectivity index (χ4n) is 2.69. The van der Waals surface area contributed by atoms with Gasteiger partial charge >= 0.3 is 0 Å². The van der Waals surface area contributed by atoms with E-state index in [1.165, 1.54) is 0 Å². The second-order valence-corrected chi connectivity index (χ2v) is 5.19. The van der Waals surface area contributed by atoms with Crippen LogP contribution in [0.4, 0.5) is 5.69 Å². The number of benzene rings is 1. The number of rotatable bonds is 1. The van der Waals surface area contributed by atoms with E-state index in [9.17, 15) is 9.90 Å². The van der Waals surface area contributed by atoms with Gasteiger partial charge in [-0.05, 0) is 19.1 Å². The molecule has 0 radical (unpaired) electrons. The molecule has 2 heterocycles. The first kappa shape index (κ1) is 13.0. The summed E-state index contributed by atoms with van der Waals surface area (Å²) in [4.78, 5) is 14.2. The molecule has 0 spiro atoms. The van der Waals surface area contributed by atoms with Crippen LogP contribution < -0.4 is 10.5 Å². The summed E-state index contributed by atoms with van der Waals surface area (Å²) in [5.41, 5.74) is 2.28. The molecule has 0 unspecified atom stereocenters. The van der Waals surface area contributed by atoms with E-state index in [0.29, 0.717) is 24.2 Å². The third kappa shape index (κ3) is 2.04. The molecule has 1 aromatic heterocycles. The summed E-state index contributed by atoms with van der Waals surface area (Å²) in [5, 5.41) is 11.0. The summed E-state index contributed by atoms with van der Waals surface area (Å²) in [6.07, 6.45) is 0. The van der Waals surface area contributed by atoms with Crippen molar-refractivity contribution in [2.24, 2.45) is 7.05 Å². The molecule has 1 fully saturated rings. The first-order chi connectivity index (χ1) is 9.58. The van der Waals surface area contributed by atoms with Crippen LogP contribution in [-0.2, 0) is 11.8 Å². The fraction of sp³-hybridized carbons (Fsp3) is 0.400. The van der Waals surface area contributed by atoms with E-state index in [1.807, 2.05) is 6.07 Å². The number of aryl methyl sites for hydroxylation is 2. The lowest BCUT2D eigenvalue weighted by molar-refractivity contribution is 0.122. The Hall–Kier alpha value is -2.01. The zero-order valence-corrected chi connectivity index (χ0v) is 11.7. The number of nitrogens with zero attached hydrogens (tertiary/aromatic N) is 2. The number of hydrogen-bond acceptors (Lipinski definition) is 4. The Morgan fingerprint density at radius 2 is 1.90 bits per heavy atom. The molecule has 0 aliphatic carbocycles. The number of phenolic OH excluding ortho intramolecular Hbond substituents is 1. The van der Waals surface area contributed by atoms with Gasteiger partial charge in [0.2, 0.25) is 0 Å². The van der Waals surface area contributed by atoms with E-state index < -0.39 is 0 Å². The van der Waals surface area contributed by atoms with Gasteiger partial charge in [0.1, 0.15) is 5.75 Å². The van der Waals surface area contributed by atoms with Gasteiger partial charge in [0.25, 0.3) is 5.56 Å². The quantitative estimate of drug-likeness (QED) is 0.854. The van der Waals surface area contributed by atoms with Crippen molar-refractivity contribution in [3.63, 3.8) is 0 Å². The predicted molar refractivity (Wildman–Crippen MR) is 78.6 cm³/mol. The Morgan fingerprint density at radius 3 is 2.60 bits per heavy atom. The van der Waals surface area contributed by atoms with E-state index in [4.69, 9.17) is 4.74 Å². The monoisotopic (exact) mass is 274 g/mol. The smallest absolute Gasteiger partial charge is 0.253 e. The summed E-state index contributed by atoms with van der Waals surface area (Å²) in [7, 11) is 1.74. The van der Waals surface area contributed by atoms with Crippen molar-refractivity contribution < 1.29 is 9.84 Å². The van der Waals surface area contributed by atoms with Crippen molar-refractivity contribution in [3.8, 4) is 5.75 Å². The van der Waals surface area contributed by atoms with Crippen LogP contribution in [-0.4, -0.2) is 36.0 Å². The Balaban J connectivity index is 2.20. The summed E-state index contributed by atoms with van der Waals surface area (Å²) in [6, 6.07) is 5.47. The molecule has 1 aliphatic rings. The lowest BCUT2D eigenvalue weighted by Gasteiger charge is -2.29. The largest absolute Gasteiger partial charge is 0.507 e. The van der Waals surface area contributed by atoms with Crippen molar-refractivity contribution in [3.05, 3.63) is 34.1 Å². The van der Waals surface area contributed by atoms with E-state index >= 15 is 0 Å². The molecule has 5 nitrogen and oxygen atoms in total. The second kappa shape index (κ2) is 4.83. The van der Waals surface area contributed by atoms with E-state index in [0.717, 1.165) is 24.3 Å². The molecular formula is C15H18N2O3. The van der Waals surface area contributed by atoms with Crippen LogP contribution in [0.15, 0.2) is 23.0 Å². The maximum Gasteiger partial charge on any atom is 0.253 e.